The molecule has 0 saturated heterocycles. The third-order valence-corrected chi connectivity index (χ3v) is 5.99. The van der Waals surface area contributed by atoms with Crippen LogP contribution in [0.5, 0.6) is 0 Å². The second kappa shape index (κ2) is 4.29. The Morgan fingerprint density at radius 1 is 1.13 bits per heavy atom. The van der Waals surface area contributed by atoms with Gasteiger partial charge in [0.05, 0.1) is 0 Å². The molecule has 0 N–H and O–H groups in total. The molecular weight excluding hydrogens is 228 g/mol. The van der Waals surface area contributed by atoms with Crippen molar-refractivity contribution in [2.45, 2.75) is 20.0 Å². The Morgan fingerprint density at radius 3 is 2.00 bits per heavy atom. The molecule has 0 aliphatic heterocycles. The van der Waals surface area contributed by atoms with Crippen molar-refractivity contribution >= 4 is 30.5 Å². The highest BCUT2D eigenvalue weighted by Gasteiger charge is 2.36. The molecule has 0 spiro atoms. The van der Waals surface area contributed by atoms with Gasteiger partial charge in [0, 0.05) is 10.6 Å². The first kappa shape index (κ1) is 12.1. The summed E-state index contributed by atoms with van der Waals surface area (Å²) in [6.07, 6.45) is 0. The fourth-order valence-corrected chi connectivity index (χ4v) is 2.46. The lowest BCUT2D eigenvalue weighted by molar-refractivity contribution is -0.110. The van der Waals surface area contributed by atoms with E-state index in [1.54, 1.807) is 37.4 Å². The van der Waals surface area contributed by atoms with Gasteiger partial charge >= 0.3 is 0 Å². The molecule has 0 fully saturated rings. The lowest BCUT2D eigenvalue weighted by Gasteiger charge is -2.16. The van der Waals surface area contributed by atoms with Gasteiger partial charge < -0.3 is 4.79 Å². The minimum absolute atomic E-state index is 0.00227. The molecule has 0 atom stereocenters. The average Bonchev–Trinajstić information content (AvgIpc) is 2.17. The zero-order valence-corrected chi connectivity index (χ0v) is 10.8. The number of benzene rings is 1. The van der Waals surface area contributed by atoms with Crippen LogP contribution < -0.4 is 0 Å². The summed E-state index contributed by atoms with van der Waals surface area (Å²) in [6.45, 7) is 5.03. The topological polar surface area (TPSA) is 34.1 Å². The Labute approximate surface area is 95.3 Å². The zero-order valence-electron chi connectivity index (χ0n) is 9.00. The number of hydrogen-bond acceptors (Lipinski definition) is 2. The normalized spacial score (nSPS) is 11.2. The first-order valence-electron chi connectivity index (χ1n) is 4.67. The number of carbonyl (C=O) groups excluding carboxylic acids is 2. The minimum Gasteiger partial charge on any atom is -0.305 e. The molecule has 1 rings (SSSR count). The molecule has 4 heteroatoms. The van der Waals surface area contributed by atoms with Crippen molar-refractivity contribution in [2.75, 3.05) is 0 Å². The van der Waals surface area contributed by atoms with Crippen LogP contribution in [0.25, 0.3) is 0 Å². The van der Waals surface area contributed by atoms with Gasteiger partial charge in [-0.05, 0) is 19.1 Å². The van der Waals surface area contributed by atoms with E-state index in [1.165, 1.54) is 6.92 Å². The van der Waals surface area contributed by atoms with Gasteiger partial charge in [-0.15, -0.1) is 0 Å². The molecular formula is C11H13ClO2Si. The molecule has 0 aliphatic rings. The Bertz CT molecular complexity index is 396. The van der Waals surface area contributed by atoms with Crippen molar-refractivity contribution in [1.29, 1.82) is 0 Å². The maximum absolute atomic E-state index is 12.0. The summed E-state index contributed by atoms with van der Waals surface area (Å²) in [5.74, 6) is 0. The van der Waals surface area contributed by atoms with Crippen molar-refractivity contribution < 1.29 is 9.59 Å². The molecule has 1 aromatic rings. The summed E-state index contributed by atoms with van der Waals surface area (Å²) in [7, 11) is -2.46. The van der Waals surface area contributed by atoms with E-state index in [1.807, 2.05) is 0 Å². The van der Waals surface area contributed by atoms with E-state index in [2.05, 4.69) is 0 Å². The molecule has 2 nitrogen and oxygen atoms in total. The van der Waals surface area contributed by atoms with Crippen LogP contribution in [0.3, 0.4) is 0 Å². The maximum Gasteiger partial charge on any atom is 0.208 e. The van der Waals surface area contributed by atoms with Crippen LogP contribution in [0.15, 0.2) is 24.3 Å². The molecule has 0 aliphatic carbocycles. The predicted octanol–water partition coefficient (Wildman–Crippen LogP) is 2.90. The lowest BCUT2D eigenvalue weighted by atomic mass is 10.2. The van der Waals surface area contributed by atoms with E-state index in [-0.39, 0.29) is 10.8 Å². The summed E-state index contributed by atoms with van der Waals surface area (Å²) < 4.78 is 0. The van der Waals surface area contributed by atoms with Crippen molar-refractivity contribution in [2.24, 2.45) is 0 Å². The monoisotopic (exact) mass is 240 g/mol. The molecule has 0 amide bonds. The SMILES string of the molecule is CC(=O)[Si](C)(C)C(=O)c1ccc(Cl)cc1. The molecule has 15 heavy (non-hydrogen) atoms. The van der Waals surface area contributed by atoms with Crippen LogP contribution in [0.4, 0.5) is 0 Å². The summed E-state index contributed by atoms with van der Waals surface area (Å²) in [5, 5.41) is 0.558. The fourth-order valence-electron chi connectivity index (χ4n) is 1.12. The second-order valence-electron chi connectivity index (χ2n) is 4.02. The third-order valence-electron chi connectivity index (χ3n) is 2.55. The first-order chi connectivity index (χ1) is 6.85. The van der Waals surface area contributed by atoms with Crippen molar-refractivity contribution in [1.82, 2.24) is 0 Å². The molecule has 0 radical (unpaired) electrons. The van der Waals surface area contributed by atoms with Crippen LogP contribution in [0.1, 0.15) is 17.3 Å². The Hall–Kier alpha value is -0.933. The van der Waals surface area contributed by atoms with E-state index in [4.69, 9.17) is 11.6 Å². The number of halogens is 1. The van der Waals surface area contributed by atoms with Gasteiger partial charge in [0.25, 0.3) is 0 Å². The van der Waals surface area contributed by atoms with Gasteiger partial charge in [-0.3, -0.25) is 4.79 Å². The smallest absolute Gasteiger partial charge is 0.208 e. The van der Waals surface area contributed by atoms with Gasteiger partial charge in [-0.2, -0.15) is 0 Å². The molecule has 0 unspecified atom stereocenters. The van der Waals surface area contributed by atoms with E-state index < -0.39 is 8.07 Å². The Kier molecular flexibility index (Phi) is 3.47. The highest BCUT2D eigenvalue weighted by atomic mass is 35.5. The standard InChI is InChI=1S/C11H13ClO2Si/c1-8(13)15(2,3)11(14)9-4-6-10(12)7-5-9/h4-7H,1-3H3. The van der Waals surface area contributed by atoms with Crippen LogP contribution in [-0.2, 0) is 4.79 Å². The van der Waals surface area contributed by atoms with Gasteiger partial charge in [0.15, 0.2) is 0 Å². The van der Waals surface area contributed by atoms with Crippen LogP contribution in [0.2, 0.25) is 18.1 Å². The van der Waals surface area contributed by atoms with E-state index in [0.717, 1.165) is 0 Å². The molecule has 1 aromatic carbocycles. The van der Waals surface area contributed by atoms with E-state index in [9.17, 15) is 9.59 Å². The molecule has 0 aromatic heterocycles. The number of hydrogen-bond donors (Lipinski definition) is 0. The van der Waals surface area contributed by atoms with E-state index >= 15 is 0 Å². The predicted molar refractivity (Wildman–Crippen MR) is 63.9 cm³/mol. The number of carbonyl (C=O) groups is 2. The summed E-state index contributed by atoms with van der Waals surface area (Å²) in [4.78, 5) is 23.4. The highest BCUT2D eigenvalue weighted by molar-refractivity contribution is 7.24. The summed E-state index contributed by atoms with van der Waals surface area (Å²) in [6, 6.07) is 6.67. The van der Waals surface area contributed by atoms with Crippen LogP contribution in [-0.4, -0.2) is 18.9 Å². The molecule has 0 heterocycles. The first-order valence-corrected chi connectivity index (χ1v) is 8.05. The van der Waals surface area contributed by atoms with Gasteiger partial charge in [-0.1, -0.05) is 36.8 Å². The van der Waals surface area contributed by atoms with Gasteiger partial charge in [-0.25, -0.2) is 0 Å². The van der Waals surface area contributed by atoms with E-state index in [0.29, 0.717) is 10.6 Å². The molecule has 80 valence electrons. The van der Waals surface area contributed by atoms with Gasteiger partial charge in [0.1, 0.15) is 10.8 Å². The van der Waals surface area contributed by atoms with Crippen molar-refractivity contribution in [3.8, 4) is 0 Å². The second-order valence-corrected chi connectivity index (χ2v) is 8.86. The number of rotatable bonds is 3. The summed E-state index contributed by atoms with van der Waals surface area (Å²) >= 11 is 5.73. The zero-order chi connectivity index (χ0) is 11.6. The Morgan fingerprint density at radius 2 is 1.60 bits per heavy atom. The lowest BCUT2D eigenvalue weighted by Crippen LogP contribution is -2.45. The van der Waals surface area contributed by atoms with Crippen LogP contribution in [0, 0.1) is 0 Å². The largest absolute Gasteiger partial charge is 0.305 e. The quantitative estimate of drug-likeness (QED) is 0.762. The highest BCUT2D eigenvalue weighted by Crippen LogP contribution is 2.16. The average molecular weight is 241 g/mol. The van der Waals surface area contributed by atoms with Gasteiger partial charge in [0.2, 0.25) is 8.07 Å². The van der Waals surface area contributed by atoms with Crippen LogP contribution >= 0.6 is 11.6 Å². The fraction of sp³-hybridized carbons (Fsp3) is 0.273. The summed E-state index contributed by atoms with van der Waals surface area (Å²) in [5.41, 5.74) is 0.575. The minimum atomic E-state index is -2.46. The molecule has 0 saturated carbocycles. The van der Waals surface area contributed by atoms with Crippen molar-refractivity contribution in [3.05, 3.63) is 34.9 Å². The van der Waals surface area contributed by atoms with Crippen molar-refractivity contribution in [3.63, 3.8) is 0 Å². The third kappa shape index (κ3) is 2.55. The molecule has 0 bridgehead atoms. The Balaban J connectivity index is 3.05. The maximum atomic E-state index is 12.0.